The zero-order valence-electron chi connectivity index (χ0n) is 23.2. The Morgan fingerprint density at radius 3 is 2.74 bits per heavy atom. The van der Waals surface area contributed by atoms with Crippen LogP contribution < -0.4 is 0 Å². The summed E-state index contributed by atoms with van der Waals surface area (Å²) in [6, 6.07) is 8.42. The molecule has 218 valence electrons. The lowest BCUT2D eigenvalue weighted by Gasteiger charge is -2.45. The molecule has 2 amide bonds. The van der Waals surface area contributed by atoms with Crippen LogP contribution in [0.2, 0.25) is 0 Å². The number of hydrogen-bond acceptors (Lipinski definition) is 9. The third kappa shape index (κ3) is 5.45. The van der Waals surface area contributed by atoms with E-state index in [0.29, 0.717) is 27.8 Å². The number of aromatic nitrogens is 6. The van der Waals surface area contributed by atoms with Gasteiger partial charge in [-0.2, -0.15) is 0 Å². The summed E-state index contributed by atoms with van der Waals surface area (Å²) >= 11 is 1.15. The van der Waals surface area contributed by atoms with Crippen molar-refractivity contribution in [2.45, 2.75) is 54.6 Å². The second kappa shape index (κ2) is 11.9. The topological polar surface area (TPSA) is 156 Å². The van der Waals surface area contributed by atoms with Crippen molar-refractivity contribution in [2.75, 3.05) is 19.6 Å². The monoisotopic (exact) mass is 589 g/mol. The number of rotatable bonds is 4. The summed E-state index contributed by atoms with van der Waals surface area (Å²) < 4.78 is 1.58. The Morgan fingerprint density at radius 1 is 1.12 bits per heavy atom. The van der Waals surface area contributed by atoms with E-state index in [1.807, 2.05) is 15.9 Å². The highest BCUT2D eigenvalue weighted by Crippen LogP contribution is 2.36. The lowest BCUT2D eigenvalue weighted by Crippen LogP contribution is -2.56. The molecule has 1 aliphatic carbocycles. The molecule has 0 bridgehead atoms. The number of hydrogen-bond donors (Lipinski definition) is 1. The summed E-state index contributed by atoms with van der Waals surface area (Å²) in [5.74, 6) is 0.265. The number of imidazole rings is 2. The maximum atomic E-state index is 12.8. The number of aromatic amines is 1. The average Bonchev–Trinajstić information content (AvgIpc) is 3.65. The van der Waals surface area contributed by atoms with Crippen LogP contribution in [0.3, 0.4) is 0 Å². The normalized spacial score (nSPS) is 18.7. The van der Waals surface area contributed by atoms with Gasteiger partial charge in [-0.3, -0.25) is 9.59 Å². The quantitative estimate of drug-likeness (QED) is 0.213. The number of carbonyl (C=O) groups is 2. The molecule has 1 saturated carbocycles. The molecule has 1 aromatic carbocycles. The fraction of sp³-hybridized carbons (Fsp3) is 0.429. The van der Waals surface area contributed by atoms with Gasteiger partial charge in [-0.15, -0.1) is 0 Å². The molecular weight excluding hydrogens is 558 g/mol. The number of H-pyrrole nitrogens is 1. The van der Waals surface area contributed by atoms with Crippen LogP contribution in [0.25, 0.3) is 11.2 Å². The summed E-state index contributed by atoms with van der Waals surface area (Å²) in [7, 11) is 1.69. The molecule has 14 heteroatoms. The minimum atomic E-state index is -0.520. The molecule has 42 heavy (non-hydrogen) atoms. The van der Waals surface area contributed by atoms with E-state index in [0.717, 1.165) is 50.4 Å². The Balaban J connectivity index is 0.000000153. The molecule has 1 saturated heterocycles. The van der Waals surface area contributed by atoms with Gasteiger partial charge in [-0.25, -0.2) is 15.0 Å². The number of amides is 2. The Morgan fingerprint density at radius 2 is 1.93 bits per heavy atom. The van der Waals surface area contributed by atoms with Gasteiger partial charge in [0.1, 0.15) is 16.9 Å². The van der Waals surface area contributed by atoms with Gasteiger partial charge in [0, 0.05) is 26.1 Å². The molecule has 1 atom stereocenters. The van der Waals surface area contributed by atoms with E-state index in [1.54, 1.807) is 11.6 Å². The molecule has 7 rings (SSSR count). The predicted molar refractivity (Wildman–Crippen MR) is 153 cm³/mol. The number of fused-ring (bicyclic) bond motifs is 4. The van der Waals surface area contributed by atoms with Gasteiger partial charge >= 0.3 is 5.82 Å². The maximum absolute atomic E-state index is 12.8. The molecule has 0 spiro atoms. The SMILES string of the molecule is Cn1cnc([N+](=O)[O-])c1Sc1ncnc2nc[nH]c12.O=C(C1CCCCC1)N1CC(=O)N2CCc3ccccc3C2C1. The van der Waals surface area contributed by atoms with Gasteiger partial charge in [-0.05, 0) is 52.1 Å². The van der Waals surface area contributed by atoms with E-state index < -0.39 is 4.92 Å². The van der Waals surface area contributed by atoms with Gasteiger partial charge in [0.15, 0.2) is 10.7 Å². The molecule has 2 aliphatic heterocycles. The molecule has 3 aromatic heterocycles. The minimum Gasteiger partial charge on any atom is -0.358 e. The smallest absolute Gasteiger partial charge is 0.358 e. The molecule has 1 N–H and O–H groups in total. The highest BCUT2D eigenvalue weighted by Gasteiger charge is 2.39. The number of nitro groups is 1. The van der Waals surface area contributed by atoms with Crippen molar-refractivity contribution in [1.29, 1.82) is 0 Å². The first kappa shape index (κ1) is 27.8. The van der Waals surface area contributed by atoms with Crippen LogP contribution in [0, 0.1) is 16.0 Å². The first-order valence-electron chi connectivity index (χ1n) is 14.0. The number of aryl methyl sites for hydroxylation is 1. The van der Waals surface area contributed by atoms with Gasteiger partial charge in [0.25, 0.3) is 0 Å². The largest absolute Gasteiger partial charge is 0.396 e. The molecule has 4 aromatic rings. The van der Waals surface area contributed by atoms with E-state index in [1.165, 1.54) is 36.5 Å². The van der Waals surface area contributed by atoms with E-state index in [4.69, 9.17) is 0 Å². The Labute approximate surface area is 245 Å². The minimum absolute atomic E-state index is 0.0498. The number of piperazine rings is 1. The first-order chi connectivity index (χ1) is 20.4. The molecule has 13 nitrogen and oxygen atoms in total. The summed E-state index contributed by atoms with van der Waals surface area (Å²) in [6.45, 7) is 1.72. The second-order valence-electron chi connectivity index (χ2n) is 10.7. The maximum Gasteiger partial charge on any atom is 0.396 e. The summed E-state index contributed by atoms with van der Waals surface area (Å²) in [4.78, 5) is 58.4. The van der Waals surface area contributed by atoms with Crippen molar-refractivity contribution in [3.8, 4) is 0 Å². The van der Waals surface area contributed by atoms with Gasteiger partial charge in [0.05, 0.1) is 18.9 Å². The van der Waals surface area contributed by atoms with Gasteiger partial charge in [-0.1, -0.05) is 43.5 Å². The molecule has 1 unspecified atom stereocenters. The van der Waals surface area contributed by atoms with Crippen molar-refractivity contribution in [3.05, 3.63) is 64.5 Å². The zero-order chi connectivity index (χ0) is 29.2. The van der Waals surface area contributed by atoms with Crippen molar-refractivity contribution in [3.63, 3.8) is 0 Å². The Hall–Kier alpha value is -4.33. The van der Waals surface area contributed by atoms with Crippen molar-refractivity contribution < 1.29 is 14.5 Å². The van der Waals surface area contributed by atoms with Gasteiger partial charge < -0.3 is 29.5 Å². The molecule has 0 radical (unpaired) electrons. The molecular formula is C28H31N9O4S. The van der Waals surface area contributed by atoms with Crippen molar-refractivity contribution in [2.24, 2.45) is 13.0 Å². The lowest BCUT2D eigenvalue weighted by molar-refractivity contribution is -0.392. The van der Waals surface area contributed by atoms with Crippen LogP contribution in [0.15, 0.2) is 53.3 Å². The van der Waals surface area contributed by atoms with Crippen LogP contribution in [-0.2, 0) is 23.1 Å². The second-order valence-corrected chi connectivity index (χ2v) is 11.7. The van der Waals surface area contributed by atoms with E-state index in [9.17, 15) is 19.7 Å². The van der Waals surface area contributed by atoms with E-state index in [-0.39, 0.29) is 36.1 Å². The van der Waals surface area contributed by atoms with Crippen LogP contribution in [0.1, 0.15) is 49.3 Å². The molecule has 5 heterocycles. The predicted octanol–water partition coefficient (Wildman–Crippen LogP) is 3.68. The number of nitrogens with zero attached hydrogens (tertiary/aromatic N) is 8. The fourth-order valence-electron chi connectivity index (χ4n) is 6.01. The van der Waals surface area contributed by atoms with Crippen LogP contribution in [0.4, 0.5) is 5.82 Å². The third-order valence-electron chi connectivity index (χ3n) is 8.14. The number of benzene rings is 1. The Bertz CT molecular complexity index is 1630. The summed E-state index contributed by atoms with van der Waals surface area (Å²) in [5, 5.41) is 11.9. The van der Waals surface area contributed by atoms with Crippen molar-refractivity contribution in [1.82, 2.24) is 39.3 Å². The first-order valence-corrected chi connectivity index (χ1v) is 14.9. The number of carbonyl (C=O) groups excluding carboxylic acids is 2. The zero-order valence-corrected chi connectivity index (χ0v) is 24.0. The summed E-state index contributed by atoms with van der Waals surface area (Å²) in [6.07, 6.45) is 10.7. The van der Waals surface area contributed by atoms with Crippen molar-refractivity contribution >= 4 is 40.6 Å². The van der Waals surface area contributed by atoms with Crippen LogP contribution in [0.5, 0.6) is 0 Å². The highest BCUT2D eigenvalue weighted by atomic mass is 32.2. The molecule has 3 aliphatic rings. The molecule has 2 fully saturated rings. The lowest BCUT2D eigenvalue weighted by atomic mass is 9.87. The number of nitrogens with one attached hydrogen (secondary N) is 1. The van der Waals surface area contributed by atoms with E-state index >= 15 is 0 Å². The Kier molecular flexibility index (Phi) is 7.87. The average molecular weight is 590 g/mol. The standard InChI is InChI=1S/C19H24N2O2.C9H7N7O2S/c22-18-13-20(19(23)15-7-2-1-3-8-15)12-17-16-9-5-4-6-14(16)10-11-21(17)18;1-15-4-14-7(16(17)18)9(15)19-8-5-6(11-2-10-5)12-3-13-8/h4-6,9,15,17H,1-3,7-8,10-13H2;2-4H,1H3,(H,10,11,12,13). The summed E-state index contributed by atoms with van der Waals surface area (Å²) in [5.41, 5.74) is 3.71. The third-order valence-corrected chi connectivity index (χ3v) is 9.30. The van der Waals surface area contributed by atoms with Crippen LogP contribution in [-0.4, -0.2) is 75.7 Å². The highest BCUT2D eigenvalue weighted by molar-refractivity contribution is 7.99. The van der Waals surface area contributed by atoms with Gasteiger partial charge in [0.2, 0.25) is 18.1 Å². The van der Waals surface area contributed by atoms with E-state index in [2.05, 4.69) is 43.1 Å². The fourth-order valence-corrected chi connectivity index (χ4v) is 6.96. The van der Waals surface area contributed by atoms with Crippen LogP contribution >= 0.6 is 11.8 Å².